The molecule has 10 nitrogen and oxygen atoms in total. The lowest BCUT2D eigenvalue weighted by atomic mass is 10.2. The molecule has 0 saturated heterocycles. The molecule has 0 aliphatic heterocycles. The van der Waals surface area contributed by atoms with Gasteiger partial charge in [-0.15, -0.1) is 0 Å². The van der Waals surface area contributed by atoms with Gasteiger partial charge in [0.15, 0.2) is 11.5 Å². The summed E-state index contributed by atoms with van der Waals surface area (Å²) in [6, 6.07) is 11.8. The summed E-state index contributed by atoms with van der Waals surface area (Å²) in [5, 5.41) is 2.70. The van der Waals surface area contributed by atoms with Crippen molar-refractivity contribution < 1.29 is 27.4 Å². The third-order valence-corrected chi connectivity index (χ3v) is 5.53. The van der Waals surface area contributed by atoms with E-state index in [4.69, 9.17) is 14.2 Å². The SMILES string of the molecule is COc1cc(NS(=O)(=O)c2ccc(NC(=O)c3ccc(OC)c(OC)c3)cc2)ncn1. The third-order valence-electron chi connectivity index (χ3n) is 4.16. The van der Waals surface area contributed by atoms with Crippen LogP contribution < -0.4 is 24.2 Å². The second kappa shape index (κ2) is 9.30. The Morgan fingerprint density at radius 3 is 2.23 bits per heavy atom. The molecule has 0 atom stereocenters. The maximum atomic E-state index is 12.6. The van der Waals surface area contributed by atoms with Gasteiger partial charge in [0.1, 0.15) is 12.1 Å². The molecule has 0 spiro atoms. The number of benzene rings is 2. The minimum atomic E-state index is -3.89. The summed E-state index contributed by atoms with van der Waals surface area (Å²) < 4.78 is 42.8. The number of amides is 1. The Kier molecular flexibility index (Phi) is 6.55. The lowest BCUT2D eigenvalue weighted by Crippen LogP contribution is -2.15. The van der Waals surface area contributed by atoms with Gasteiger partial charge in [0, 0.05) is 17.3 Å². The van der Waals surface area contributed by atoms with Crippen LogP contribution in [-0.2, 0) is 10.0 Å². The predicted molar refractivity (Wildman–Crippen MR) is 113 cm³/mol. The van der Waals surface area contributed by atoms with Gasteiger partial charge in [-0.1, -0.05) is 0 Å². The van der Waals surface area contributed by atoms with E-state index in [1.807, 2.05) is 0 Å². The molecular formula is C20H20N4O6S. The highest BCUT2D eigenvalue weighted by Crippen LogP contribution is 2.28. The van der Waals surface area contributed by atoms with E-state index < -0.39 is 10.0 Å². The lowest BCUT2D eigenvalue weighted by Gasteiger charge is -2.11. The molecule has 1 heterocycles. The maximum Gasteiger partial charge on any atom is 0.263 e. The molecule has 0 radical (unpaired) electrons. The van der Waals surface area contributed by atoms with E-state index in [-0.39, 0.29) is 22.5 Å². The average Bonchev–Trinajstić information content (AvgIpc) is 2.78. The number of carbonyl (C=O) groups excluding carboxylic acids is 1. The minimum Gasteiger partial charge on any atom is -0.493 e. The number of sulfonamides is 1. The summed E-state index contributed by atoms with van der Waals surface area (Å²) in [6.45, 7) is 0. The van der Waals surface area contributed by atoms with Crippen LogP contribution in [0.15, 0.2) is 59.8 Å². The monoisotopic (exact) mass is 444 g/mol. The zero-order valence-electron chi connectivity index (χ0n) is 16.9. The largest absolute Gasteiger partial charge is 0.493 e. The molecule has 0 unspecified atom stereocenters. The highest BCUT2D eigenvalue weighted by molar-refractivity contribution is 7.92. The van der Waals surface area contributed by atoms with Gasteiger partial charge in [0.25, 0.3) is 15.9 Å². The molecule has 11 heteroatoms. The second-order valence-electron chi connectivity index (χ2n) is 6.10. The Bertz CT molecular complexity index is 1180. The molecule has 3 aromatic rings. The van der Waals surface area contributed by atoms with E-state index in [9.17, 15) is 13.2 Å². The van der Waals surface area contributed by atoms with Crippen molar-refractivity contribution in [3.05, 3.63) is 60.4 Å². The summed E-state index contributed by atoms with van der Waals surface area (Å²) in [5.74, 6) is 0.827. The van der Waals surface area contributed by atoms with E-state index in [1.54, 1.807) is 18.2 Å². The van der Waals surface area contributed by atoms with Crippen molar-refractivity contribution in [2.45, 2.75) is 4.90 Å². The van der Waals surface area contributed by atoms with Crippen LogP contribution in [0.2, 0.25) is 0 Å². The molecule has 0 fully saturated rings. The van der Waals surface area contributed by atoms with Crippen molar-refractivity contribution >= 4 is 27.4 Å². The lowest BCUT2D eigenvalue weighted by molar-refractivity contribution is 0.102. The quantitative estimate of drug-likeness (QED) is 0.542. The predicted octanol–water partition coefficient (Wildman–Crippen LogP) is 2.56. The first kappa shape index (κ1) is 21.8. The van der Waals surface area contributed by atoms with Gasteiger partial charge in [-0.05, 0) is 42.5 Å². The van der Waals surface area contributed by atoms with Crippen LogP contribution in [0.4, 0.5) is 11.5 Å². The number of aromatic nitrogens is 2. The zero-order chi connectivity index (χ0) is 22.4. The van der Waals surface area contributed by atoms with Gasteiger partial charge in [-0.3, -0.25) is 9.52 Å². The second-order valence-corrected chi connectivity index (χ2v) is 7.78. The van der Waals surface area contributed by atoms with E-state index in [2.05, 4.69) is 20.0 Å². The van der Waals surface area contributed by atoms with Crippen LogP contribution in [0.25, 0.3) is 0 Å². The molecule has 1 aromatic heterocycles. The van der Waals surface area contributed by atoms with E-state index in [0.717, 1.165) is 0 Å². The number of hydrogen-bond donors (Lipinski definition) is 2. The van der Waals surface area contributed by atoms with Crippen molar-refractivity contribution in [2.24, 2.45) is 0 Å². The fourth-order valence-corrected chi connectivity index (χ4v) is 3.60. The number of nitrogens with one attached hydrogen (secondary N) is 2. The van der Waals surface area contributed by atoms with Gasteiger partial charge in [-0.25, -0.2) is 18.4 Å². The van der Waals surface area contributed by atoms with Crippen LogP contribution in [-0.4, -0.2) is 45.6 Å². The summed E-state index contributed by atoms with van der Waals surface area (Å²) in [4.78, 5) is 20.2. The number of hydrogen-bond acceptors (Lipinski definition) is 8. The van der Waals surface area contributed by atoms with Crippen molar-refractivity contribution in [3.8, 4) is 17.4 Å². The smallest absolute Gasteiger partial charge is 0.263 e. The number of carbonyl (C=O) groups is 1. The number of methoxy groups -OCH3 is 3. The molecule has 2 aromatic carbocycles. The van der Waals surface area contributed by atoms with Crippen molar-refractivity contribution in [2.75, 3.05) is 31.4 Å². The van der Waals surface area contributed by atoms with Crippen molar-refractivity contribution in [3.63, 3.8) is 0 Å². The summed E-state index contributed by atoms with van der Waals surface area (Å²) >= 11 is 0. The number of anilines is 2. The Hall–Kier alpha value is -3.86. The van der Waals surface area contributed by atoms with E-state index >= 15 is 0 Å². The molecule has 1 amide bonds. The molecule has 0 saturated carbocycles. The highest BCUT2D eigenvalue weighted by atomic mass is 32.2. The van der Waals surface area contributed by atoms with Crippen LogP contribution in [0.1, 0.15) is 10.4 Å². The fraction of sp³-hybridized carbons (Fsp3) is 0.150. The molecule has 162 valence electrons. The normalized spacial score (nSPS) is 10.8. The van der Waals surface area contributed by atoms with Crippen LogP contribution in [0.3, 0.4) is 0 Å². The van der Waals surface area contributed by atoms with Crippen molar-refractivity contribution in [1.29, 1.82) is 0 Å². The van der Waals surface area contributed by atoms with Crippen LogP contribution >= 0.6 is 0 Å². The fourth-order valence-electron chi connectivity index (χ4n) is 2.60. The maximum absolute atomic E-state index is 12.6. The number of ether oxygens (including phenoxy) is 3. The molecular weight excluding hydrogens is 424 g/mol. The Balaban J connectivity index is 1.72. The molecule has 31 heavy (non-hydrogen) atoms. The first-order valence-corrected chi connectivity index (χ1v) is 10.4. The average molecular weight is 444 g/mol. The Labute approximate surface area is 179 Å². The minimum absolute atomic E-state index is 0.00538. The molecule has 2 N–H and O–H groups in total. The molecule has 0 aliphatic rings. The summed E-state index contributed by atoms with van der Waals surface area (Å²) in [6.07, 6.45) is 1.18. The van der Waals surface area contributed by atoms with E-state index in [1.165, 1.54) is 58.0 Å². The summed E-state index contributed by atoms with van der Waals surface area (Å²) in [7, 11) is 0.501. The van der Waals surface area contributed by atoms with Gasteiger partial charge < -0.3 is 19.5 Å². The Morgan fingerprint density at radius 2 is 1.58 bits per heavy atom. The Morgan fingerprint density at radius 1 is 0.871 bits per heavy atom. The molecule has 0 aliphatic carbocycles. The van der Waals surface area contributed by atoms with Gasteiger partial charge >= 0.3 is 0 Å². The topological polar surface area (TPSA) is 129 Å². The highest BCUT2D eigenvalue weighted by Gasteiger charge is 2.16. The first-order chi connectivity index (χ1) is 14.9. The van der Waals surface area contributed by atoms with Crippen LogP contribution in [0, 0.1) is 0 Å². The zero-order valence-corrected chi connectivity index (χ0v) is 17.8. The summed E-state index contributed by atoms with van der Waals surface area (Å²) in [5.41, 5.74) is 0.774. The van der Waals surface area contributed by atoms with Gasteiger partial charge in [0.05, 0.1) is 26.2 Å². The molecule has 3 rings (SSSR count). The van der Waals surface area contributed by atoms with Gasteiger partial charge in [-0.2, -0.15) is 0 Å². The third kappa shape index (κ3) is 5.20. The standard InChI is InChI=1S/C20H20N4O6S/c1-28-16-9-4-13(10-17(16)29-2)20(25)23-14-5-7-15(8-6-14)31(26,27)24-18-11-19(30-3)22-12-21-18/h4-12H,1-3H3,(H,23,25)(H,21,22,24). The van der Waals surface area contributed by atoms with Crippen molar-refractivity contribution in [1.82, 2.24) is 9.97 Å². The first-order valence-electron chi connectivity index (χ1n) is 8.88. The number of nitrogens with zero attached hydrogens (tertiary/aromatic N) is 2. The number of rotatable bonds is 8. The van der Waals surface area contributed by atoms with E-state index in [0.29, 0.717) is 22.7 Å². The van der Waals surface area contributed by atoms with Crippen LogP contribution in [0.5, 0.6) is 17.4 Å². The van der Waals surface area contributed by atoms with Gasteiger partial charge in [0.2, 0.25) is 5.88 Å². The molecule has 0 bridgehead atoms.